The summed E-state index contributed by atoms with van der Waals surface area (Å²) in [5.74, 6) is 0.931. The number of hydrogen-bond acceptors (Lipinski definition) is 3. The Hall–Kier alpha value is -2.33. The van der Waals surface area contributed by atoms with E-state index in [1.165, 1.54) is 17.7 Å². The van der Waals surface area contributed by atoms with Crippen molar-refractivity contribution in [3.05, 3.63) is 65.6 Å². The Bertz CT molecular complexity index is 840. The number of pyridine rings is 1. The van der Waals surface area contributed by atoms with Crippen molar-refractivity contribution in [2.45, 2.75) is 25.9 Å². The third-order valence-electron chi connectivity index (χ3n) is 4.79. The Labute approximate surface area is 136 Å². The smallest absolute Gasteiger partial charge is 0.137 e. The summed E-state index contributed by atoms with van der Waals surface area (Å²) in [6.07, 6.45) is 3.30. The maximum absolute atomic E-state index is 5.36. The molecule has 118 valence electrons. The van der Waals surface area contributed by atoms with Gasteiger partial charge in [0.1, 0.15) is 11.4 Å². The molecule has 23 heavy (non-hydrogen) atoms. The van der Waals surface area contributed by atoms with Crippen LogP contribution in [-0.4, -0.2) is 27.9 Å². The molecule has 1 aliphatic rings. The molecule has 0 aliphatic carbocycles. The molecule has 0 saturated carbocycles. The molecule has 0 bridgehead atoms. The second kappa shape index (κ2) is 5.70. The van der Waals surface area contributed by atoms with Gasteiger partial charge in [0.05, 0.1) is 18.5 Å². The Balaban J connectivity index is 1.60. The molecule has 1 atom stereocenters. The maximum atomic E-state index is 5.36. The molecule has 4 rings (SSSR count). The normalized spacial score (nSPS) is 18.1. The van der Waals surface area contributed by atoms with E-state index in [2.05, 4.69) is 57.7 Å². The number of likely N-dealkylation sites (tertiary alicyclic amines) is 1. The van der Waals surface area contributed by atoms with Gasteiger partial charge in [0.2, 0.25) is 0 Å². The van der Waals surface area contributed by atoms with Crippen LogP contribution in [-0.2, 0) is 6.54 Å². The molecule has 3 heterocycles. The molecule has 0 spiro atoms. The Morgan fingerprint density at radius 3 is 2.91 bits per heavy atom. The molecule has 1 saturated heterocycles. The summed E-state index contributed by atoms with van der Waals surface area (Å²) in [4.78, 5) is 7.18. The van der Waals surface area contributed by atoms with Gasteiger partial charge in [-0.2, -0.15) is 0 Å². The number of aryl methyl sites for hydroxylation is 1. The molecule has 0 radical (unpaired) electrons. The highest BCUT2D eigenvalue weighted by atomic mass is 16.5. The average Bonchev–Trinajstić information content (AvgIpc) is 2.87. The summed E-state index contributed by atoms with van der Waals surface area (Å²) in [5, 5.41) is 0. The number of ether oxygens (including phenoxy) is 1. The van der Waals surface area contributed by atoms with Crippen LogP contribution in [0.2, 0.25) is 0 Å². The standard InChI is InChI=1S/C19H21N3O/c1-14-18(22-10-4-3-8-19(22)20-14)13-21-11-9-17(21)15-6-5-7-16(12-15)23-2/h3-8,10,12,17H,9,11,13H2,1-2H3/t17-/m1/s1. The van der Waals surface area contributed by atoms with Crippen molar-refractivity contribution < 1.29 is 4.74 Å². The molecule has 1 fully saturated rings. The molecule has 3 aromatic rings. The summed E-state index contributed by atoms with van der Waals surface area (Å²) >= 11 is 0. The van der Waals surface area contributed by atoms with Crippen molar-refractivity contribution in [1.29, 1.82) is 0 Å². The third kappa shape index (κ3) is 2.49. The van der Waals surface area contributed by atoms with Crippen molar-refractivity contribution in [2.75, 3.05) is 13.7 Å². The molecule has 0 unspecified atom stereocenters. The van der Waals surface area contributed by atoms with Gasteiger partial charge in [-0.3, -0.25) is 4.90 Å². The molecule has 0 amide bonds. The minimum absolute atomic E-state index is 0.471. The summed E-state index contributed by atoms with van der Waals surface area (Å²) in [6.45, 7) is 4.16. The van der Waals surface area contributed by atoms with E-state index in [9.17, 15) is 0 Å². The van der Waals surface area contributed by atoms with E-state index in [-0.39, 0.29) is 0 Å². The van der Waals surface area contributed by atoms with Gasteiger partial charge < -0.3 is 9.14 Å². The molecule has 0 N–H and O–H groups in total. The highest BCUT2D eigenvalue weighted by Gasteiger charge is 2.30. The first-order valence-corrected chi connectivity index (χ1v) is 8.07. The van der Waals surface area contributed by atoms with Crippen molar-refractivity contribution >= 4 is 5.65 Å². The fourth-order valence-corrected chi connectivity index (χ4v) is 3.40. The summed E-state index contributed by atoms with van der Waals surface area (Å²) < 4.78 is 7.56. The summed E-state index contributed by atoms with van der Waals surface area (Å²) in [6, 6.07) is 15.1. The van der Waals surface area contributed by atoms with Crippen LogP contribution in [0.25, 0.3) is 5.65 Å². The first-order valence-electron chi connectivity index (χ1n) is 8.07. The van der Waals surface area contributed by atoms with Gasteiger partial charge in [0, 0.05) is 25.3 Å². The van der Waals surface area contributed by atoms with Crippen LogP contribution < -0.4 is 4.74 Å². The van der Waals surface area contributed by atoms with E-state index in [4.69, 9.17) is 4.74 Å². The van der Waals surface area contributed by atoms with Crippen molar-refractivity contribution in [1.82, 2.24) is 14.3 Å². The molecular weight excluding hydrogens is 286 g/mol. The zero-order valence-corrected chi connectivity index (χ0v) is 13.6. The lowest BCUT2D eigenvalue weighted by molar-refractivity contribution is 0.0797. The first-order chi connectivity index (χ1) is 11.3. The Morgan fingerprint density at radius 2 is 2.13 bits per heavy atom. The predicted octanol–water partition coefficient (Wildman–Crippen LogP) is 3.60. The summed E-state index contributed by atoms with van der Waals surface area (Å²) in [5.41, 5.74) is 4.77. The van der Waals surface area contributed by atoms with E-state index >= 15 is 0 Å². The van der Waals surface area contributed by atoms with Crippen LogP contribution in [0.15, 0.2) is 48.7 Å². The van der Waals surface area contributed by atoms with Crippen LogP contribution >= 0.6 is 0 Å². The lowest BCUT2D eigenvalue weighted by atomic mass is 9.94. The van der Waals surface area contributed by atoms with E-state index in [0.29, 0.717) is 6.04 Å². The molecule has 4 heteroatoms. The molecule has 2 aromatic heterocycles. The van der Waals surface area contributed by atoms with E-state index in [1.54, 1.807) is 7.11 Å². The number of hydrogen-bond donors (Lipinski definition) is 0. The largest absolute Gasteiger partial charge is 0.497 e. The SMILES string of the molecule is COc1cccc([C@H]2CCN2Cc2c(C)nc3ccccn23)c1. The fraction of sp³-hybridized carbons (Fsp3) is 0.316. The minimum atomic E-state index is 0.471. The van der Waals surface area contributed by atoms with Gasteiger partial charge in [0.25, 0.3) is 0 Å². The van der Waals surface area contributed by atoms with Crippen LogP contribution in [0.1, 0.15) is 29.4 Å². The Kier molecular flexibility index (Phi) is 3.54. The minimum Gasteiger partial charge on any atom is -0.497 e. The van der Waals surface area contributed by atoms with Crippen LogP contribution in [0.5, 0.6) is 5.75 Å². The van der Waals surface area contributed by atoms with E-state index in [0.717, 1.165) is 30.2 Å². The second-order valence-electron chi connectivity index (χ2n) is 6.12. The van der Waals surface area contributed by atoms with E-state index < -0.39 is 0 Å². The van der Waals surface area contributed by atoms with Crippen molar-refractivity contribution in [3.8, 4) is 5.75 Å². The van der Waals surface area contributed by atoms with Gasteiger partial charge in [-0.1, -0.05) is 18.2 Å². The topological polar surface area (TPSA) is 29.8 Å². The number of aromatic nitrogens is 2. The molecule has 4 nitrogen and oxygen atoms in total. The monoisotopic (exact) mass is 307 g/mol. The van der Waals surface area contributed by atoms with Gasteiger partial charge >= 0.3 is 0 Å². The van der Waals surface area contributed by atoms with E-state index in [1.807, 2.05) is 12.1 Å². The van der Waals surface area contributed by atoms with Crippen LogP contribution in [0.4, 0.5) is 0 Å². The number of imidazole rings is 1. The van der Waals surface area contributed by atoms with Gasteiger partial charge in [0.15, 0.2) is 0 Å². The molecule has 1 aliphatic heterocycles. The van der Waals surface area contributed by atoms with Gasteiger partial charge in [-0.15, -0.1) is 0 Å². The highest BCUT2D eigenvalue weighted by molar-refractivity contribution is 5.43. The van der Waals surface area contributed by atoms with Crippen LogP contribution in [0, 0.1) is 6.92 Å². The van der Waals surface area contributed by atoms with Crippen LogP contribution in [0.3, 0.4) is 0 Å². The number of methoxy groups -OCH3 is 1. The van der Waals surface area contributed by atoms with Crippen molar-refractivity contribution in [3.63, 3.8) is 0 Å². The molecular formula is C19H21N3O. The Morgan fingerprint density at radius 1 is 1.22 bits per heavy atom. The van der Waals surface area contributed by atoms with Gasteiger partial charge in [-0.25, -0.2) is 4.98 Å². The first kappa shape index (κ1) is 14.3. The number of fused-ring (bicyclic) bond motifs is 1. The predicted molar refractivity (Wildman–Crippen MR) is 90.7 cm³/mol. The van der Waals surface area contributed by atoms with Gasteiger partial charge in [-0.05, 0) is 43.2 Å². The summed E-state index contributed by atoms with van der Waals surface area (Å²) in [7, 11) is 1.72. The quantitative estimate of drug-likeness (QED) is 0.737. The zero-order chi connectivity index (χ0) is 15.8. The van der Waals surface area contributed by atoms with Crippen molar-refractivity contribution in [2.24, 2.45) is 0 Å². The maximum Gasteiger partial charge on any atom is 0.137 e. The number of benzene rings is 1. The highest BCUT2D eigenvalue weighted by Crippen LogP contribution is 2.36. The third-order valence-corrected chi connectivity index (χ3v) is 4.79. The number of nitrogens with zero attached hydrogens (tertiary/aromatic N) is 3. The average molecular weight is 307 g/mol. The lowest BCUT2D eigenvalue weighted by Crippen LogP contribution is -2.40. The zero-order valence-electron chi connectivity index (χ0n) is 13.6. The fourth-order valence-electron chi connectivity index (χ4n) is 3.40. The number of rotatable bonds is 4. The lowest BCUT2D eigenvalue weighted by Gasteiger charge is -2.41. The molecule has 1 aromatic carbocycles. The second-order valence-corrected chi connectivity index (χ2v) is 6.12.